The SMILES string of the molecule is Cl.O=C(CC1CSCCN1)N1CCN(S(=O)(=O)N2CCOCC2)CC1. The Morgan fingerprint density at radius 2 is 1.72 bits per heavy atom. The summed E-state index contributed by atoms with van der Waals surface area (Å²) in [6, 6.07) is 0.242. The molecule has 8 nitrogen and oxygen atoms in total. The second kappa shape index (κ2) is 9.72. The molecule has 0 aliphatic carbocycles. The van der Waals surface area contributed by atoms with Gasteiger partial charge in [-0.2, -0.15) is 28.8 Å². The Morgan fingerprint density at radius 1 is 1.08 bits per heavy atom. The van der Waals surface area contributed by atoms with E-state index >= 15 is 0 Å². The van der Waals surface area contributed by atoms with Gasteiger partial charge in [-0.25, -0.2) is 0 Å². The lowest BCUT2D eigenvalue weighted by Crippen LogP contribution is -2.56. The number of hydrogen-bond acceptors (Lipinski definition) is 6. The molecule has 0 bridgehead atoms. The van der Waals surface area contributed by atoms with Gasteiger partial charge in [-0.3, -0.25) is 4.79 Å². The number of piperazine rings is 1. The number of carbonyl (C=O) groups excluding carboxylic acids is 1. The largest absolute Gasteiger partial charge is 0.379 e. The number of thioether (sulfide) groups is 1. The van der Waals surface area contributed by atoms with E-state index in [1.807, 2.05) is 11.8 Å². The van der Waals surface area contributed by atoms with E-state index in [1.165, 1.54) is 8.61 Å². The van der Waals surface area contributed by atoms with Crippen LogP contribution in [0.25, 0.3) is 0 Å². The lowest BCUT2D eigenvalue weighted by Gasteiger charge is -2.38. The standard InChI is InChI=1S/C14H26N4O4S2.ClH/c19-14(11-13-12-23-10-1-15-13)16-2-4-17(5-3-16)24(20,21)18-6-8-22-9-7-18;/h13,15H,1-12H2;1H. The highest BCUT2D eigenvalue weighted by Crippen LogP contribution is 2.16. The maximum Gasteiger partial charge on any atom is 0.282 e. The average molecular weight is 415 g/mol. The number of nitrogens with one attached hydrogen (secondary N) is 1. The highest BCUT2D eigenvalue weighted by atomic mass is 35.5. The minimum absolute atomic E-state index is 0. The van der Waals surface area contributed by atoms with Gasteiger partial charge >= 0.3 is 0 Å². The Balaban J connectivity index is 0.00000225. The van der Waals surface area contributed by atoms with E-state index in [9.17, 15) is 13.2 Å². The van der Waals surface area contributed by atoms with Gasteiger partial charge in [0, 0.05) is 69.8 Å². The summed E-state index contributed by atoms with van der Waals surface area (Å²) in [5.74, 6) is 2.19. The summed E-state index contributed by atoms with van der Waals surface area (Å²) in [5, 5.41) is 3.37. The zero-order valence-electron chi connectivity index (χ0n) is 14.3. The monoisotopic (exact) mass is 414 g/mol. The van der Waals surface area contributed by atoms with E-state index < -0.39 is 10.2 Å². The smallest absolute Gasteiger partial charge is 0.282 e. The molecule has 0 aromatic carbocycles. The minimum atomic E-state index is -3.43. The lowest BCUT2D eigenvalue weighted by atomic mass is 10.2. The molecule has 11 heteroatoms. The molecule has 1 N–H and O–H groups in total. The van der Waals surface area contributed by atoms with Gasteiger partial charge in [0.1, 0.15) is 0 Å². The molecule has 3 heterocycles. The first-order valence-corrected chi connectivity index (χ1v) is 11.0. The summed E-state index contributed by atoms with van der Waals surface area (Å²) in [6.07, 6.45) is 0.503. The van der Waals surface area contributed by atoms with Crippen LogP contribution in [0.2, 0.25) is 0 Å². The fourth-order valence-electron chi connectivity index (χ4n) is 3.20. The van der Waals surface area contributed by atoms with Crippen LogP contribution in [-0.4, -0.2) is 104 Å². The molecule has 0 aromatic heterocycles. The van der Waals surface area contributed by atoms with Crippen LogP contribution in [0.15, 0.2) is 0 Å². The van der Waals surface area contributed by atoms with E-state index in [0.29, 0.717) is 58.9 Å². The first-order valence-electron chi connectivity index (χ1n) is 8.49. The molecule has 0 saturated carbocycles. The average Bonchev–Trinajstić information content (AvgIpc) is 2.63. The third kappa shape index (κ3) is 5.44. The van der Waals surface area contributed by atoms with Crippen molar-refractivity contribution in [3.63, 3.8) is 0 Å². The van der Waals surface area contributed by atoms with Crippen LogP contribution in [0.1, 0.15) is 6.42 Å². The van der Waals surface area contributed by atoms with Crippen LogP contribution in [0.3, 0.4) is 0 Å². The number of hydrogen-bond donors (Lipinski definition) is 1. The number of rotatable bonds is 4. The molecule has 3 aliphatic heterocycles. The summed E-state index contributed by atoms with van der Waals surface area (Å²) in [6.45, 7) is 4.36. The fraction of sp³-hybridized carbons (Fsp3) is 0.929. The maximum atomic E-state index is 12.6. The molecule has 3 rings (SSSR count). The van der Waals surface area contributed by atoms with Gasteiger partial charge in [-0.15, -0.1) is 12.4 Å². The number of nitrogens with zero attached hydrogens (tertiary/aromatic N) is 3. The molecule has 3 saturated heterocycles. The molecule has 3 aliphatic rings. The predicted molar refractivity (Wildman–Crippen MR) is 100 cm³/mol. The molecule has 25 heavy (non-hydrogen) atoms. The van der Waals surface area contributed by atoms with Crippen LogP contribution < -0.4 is 5.32 Å². The Morgan fingerprint density at radius 3 is 2.32 bits per heavy atom. The van der Waals surface area contributed by atoms with Crippen molar-refractivity contribution in [2.24, 2.45) is 0 Å². The topological polar surface area (TPSA) is 82.2 Å². The number of ether oxygens (including phenoxy) is 1. The minimum Gasteiger partial charge on any atom is -0.379 e. The summed E-state index contributed by atoms with van der Waals surface area (Å²) in [7, 11) is -3.43. The first kappa shape index (κ1) is 21.2. The van der Waals surface area contributed by atoms with Gasteiger partial charge in [0.15, 0.2) is 0 Å². The van der Waals surface area contributed by atoms with Crippen LogP contribution >= 0.6 is 24.2 Å². The Labute approximate surface area is 160 Å². The molecule has 3 fully saturated rings. The highest BCUT2D eigenvalue weighted by molar-refractivity contribution is 7.99. The summed E-state index contributed by atoms with van der Waals surface area (Å²) >= 11 is 1.87. The van der Waals surface area contributed by atoms with E-state index in [0.717, 1.165) is 18.1 Å². The number of halogens is 1. The Hall–Kier alpha value is -0.100. The van der Waals surface area contributed by atoms with Crippen molar-refractivity contribution < 1.29 is 17.9 Å². The summed E-state index contributed by atoms with van der Waals surface area (Å²) < 4.78 is 33.4. The van der Waals surface area contributed by atoms with Gasteiger partial charge in [-0.05, 0) is 0 Å². The van der Waals surface area contributed by atoms with Gasteiger partial charge in [0.2, 0.25) is 5.91 Å². The number of carbonyl (C=O) groups is 1. The maximum absolute atomic E-state index is 12.6. The zero-order valence-corrected chi connectivity index (χ0v) is 16.7. The van der Waals surface area contributed by atoms with Crippen LogP contribution in [0, 0.1) is 0 Å². The molecule has 1 unspecified atom stereocenters. The second-order valence-corrected chi connectivity index (χ2v) is 9.31. The zero-order chi connectivity index (χ0) is 17.0. The van der Waals surface area contributed by atoms with E-state index in [1.54, 1.807) is 4.90 Å². The summed E-state index contributed by atoms with van der Waals surface area (Å²) in [4.78, 5) is 14.2. The van der Waals surface area contributed by atoms with E-state index in [-0.39, 0.29) is 24.4 Å². The molecular weight excluding hydrogens is 388 g/mol. The Bertz CT molecular complexity index is 531. The fourth-order valence-corrected chi connectivity index (χ4v) is 5.71. The van der Waals surface area contributed by atoms with E-state index in [2.05, 4.69) is 5.32 Å². The number of amides is 1. The molecule has 0 radical (unpaired) electrons. The third-order valence-electron chi connectivity index (χ3n) is 4.63. The summed E-state index contributed by atoms with van der Waals surface area (Å²) in [5.41, 5.74) is 0. The van der Waals surface area contributed by atoms with Gasteiger partial charge in [-0.1, -0.05) is 0 Å². The molecule has 0 aromatic rings. The number of morpholine rings is 1. The van der Waals surface area contributed by atoms with Gasteiger partial charge in [0.05, 0.1) is 13.2 Å². The molecule has 0 spiro atoms. The third-order valence-corrected chi connectivity index (χ3v) is 7.80. The molecule has 1 atom stereocenters. The van der Waals surface area contributed by atoms with Crippen molar-refractivity contribution in [1.29, 1.82) is 0 Å². The van der Waals surface area contributed by atoms with Crippen molar-refractivity contribution in [1.82, 2.24) is 18.8 Å². The van der Waals surface area contributed by atoms with Crippen LogP contribution in [0.5, 0.6) is 0 Å². The van der Waals surface area contributed by atoms with Crippen molar-refractivity contribution >= 4 is 40.3 Å². The molecule has 1 amide bonds. The predicted octanol–water partition coefficient (Wildman–Crippen LogP) is -0.775. The molecule has 146 valence electrons. The van der Waals surface area contributed by atoms with Crippen molar-refractivity contribution in [3.8, 4) is 0 Å². The van der Waals surface area contributed by atoms with Gasteiger partial charge < -0.3 is 15.0 Å². The van der Waals surface area contributed by atoms with Gasteiger partial charge in [0.25, 0.3) is 10.2 Å². The Kier molecular flexibility index (Phi) is 8.25. The highest BCUT2D eigenvalue weighted by Gasteiger charge is 2.34. The molecular formula is C14H27ClN4O4S2. The van der Waals surface area contributed by atoms with Crippen molar-refractivity contribution in [3.05, 3.63) is 0 Å². The van der Waals surface area contributed by atoms with E-state index in [4.69, 9.17) is 4.74 Å². The van der Waals surface area contributed by atoms with Crippen LogP contribution in [0.4, 0.5) is 0 Å². The van der Waals surface area contributed by atoms with Crippen molar-refractivity contribution in [2.45, 2.75) is 12.5 Å². The van der Waals surface area contributed by atoms with Crippen molar-refractivity contribution in [2.75, 3.05) is 70.5 Å². The second-order valence-electron chi connectivity index (χ2n) is 6.23. The quantitative estimate of drug-likeness (QED) is 0.650. The first-order chi connectivity index (χ1) is 11.6. The lowest BCUT2D eigenvalue weighted by molar-refractivity contribution is -0.132. The normalized spacial score (nSPS) is 26.9. The van der Waals surface area contributed by atoms with Crippen LogP contribution in [-0.2, 0) is 19.7 Å².